The number of alkyl halides is 3. The molecule has 20 heavy (non-hydrogen) atoms. The van der Waals surface area contributed by atoms with Crippen molar-refractivity contribution >= 4 is 12.6 Å². The number of carbonyl (C=O) groups excluding carboxylic acids is 2. The Labute approximate surface area is 112 Å². The van der Waals surface area contributed by atoms with Crippen molar-refractivity contribution in [2.45, 2.75) is 6.18 Å². The molecule has 0 atom stereocenters. The smallest absolute Gasteiger partial charge is 0.298 e. The number of benzene rings is 2. The molecule has 0 saturated carbocycles. The molecule has 0 bridgehead atoms. The average Bonchev–Trinajstić information content (AvgIpc) is 2.45. The second-order valence-electron chi connectivity index (χ2n) is 4.12. The van der Waals surface area contributed by atoms with E-state index in [1.54, 1.807) is 18.2 Å². The van der Waals surface area contributed by atoms with Gasteiger partial charge in [-0.3, -0.25) is 9.59 Å². The highest BCUT2D eigenvalue weighted by atomic mass is 19.4. The van der Waals surface area contributed by atoms with Gasteiger partial charge in [0.25, 0.3) is 0 Å². The molecule has 0 aliphatic rings. The van der Waals surface area contributed by atoms with E-state index in [1.807, 2.05) is 0 Å². The van der Waals surface area contributed by atoms with Crippen LogP contribution in [-0.4, -0.2) is 12.6 Å². The van der Waals surface area contributed by atoms with Crippen LogP contribution >= 0.6 is 0 Å². The summed E-state index contributed by atoms with van der Waals surface area (Å²) in [6, 6.07) is 9.28. The summed E-state index contributed by atoms with van der Waals surface area (Å²) in [6.45, 7) is 0. The second kappa shape index (κ2) is 5.28. The minimum Gasteiger partial charge on any atom is -0.298 e. The standard InChI is InChI=1S/C15H9F3O2/c16-15(17,18)12-5-6-14(11(7-12)9-20)13-4-2-1-3-10(13)8-19/h1-9H. The molecule has 2 rings (SSSR count). The Morgan fingerprint density at radius 1 is 0.800 bits per heavy atom. The Bertz CT molecular complexity index is 660. The van der Waals surface area contributed by atoms with Crippen LogP contribution < -0.4 is 0 Å². The van der Waals surface area contributed by atoms with E-state index in [2.05, 4.69) is 0 Å². The molecule has 0 aliphatic heterocycles. The zero-order valence-corrected chi connectivity index (χ0v) is 10.1. The highest BCUT2D eigenvalue weighted by Crippen LogP contribution is 2.33. The van der Waals surface area contributed by atoms with Crippen molar-refractivity contribution in [2.24, 2.45) is 0 Å². The quantitative estimate of drug-likeness (QED) is 0.795. The van der Waals surface area contributed by atoms with Crippen LogP contribution in [0.25, 0.3) is 11.1 Å². The van der Waals surface area contributed by atoms with E-state index in [0.717, 1.165) is 12.1 Å². The fourth-order valence-electron chi connectivity index (χ4n) is 1.93. The lowest BCUT2D eigenvalue weighted by Crippen LogP contribution is -2.06. The fourth-order valence-corrected chi connectivity index (χ4v) is 1.93. The Morgan fingerprint density at radius 3 is 2.00 bits per heavy atom. The van der Waals surface area contributed by atoms with Crippen molar-refractivity contribution in [3.63, 3.8) is 0 Å². The van der Waals surface area contributed by atoms with Gasteiger partial charge in [-0.05, 0) is 23.3 Å². The predicted octanol–water partition coefficient (Wildman–Crippen LogP) is 4.00. The van der Waals surface area contributed by atoms with Gasteiger partial charge in [0.2, 0.25) is 0 Å². The van der Waals surface area contributed by atoms with Crippen LogP contribution in [0.5, 0.6) is 0 Å². The molecular formula is C15H9F3O2. The largest absolute Gasteiger partial charge is 0.416 e. The first-order chi connectivity index (χ1) is 9.47. The summed E-state index contributed by atoms with van der Waals surface area (Å²) < 4.78 is 37.8. The van der Waals surface area contributed by atoms with Gasteiger partial charge in [-0.25, -0.2) is 0 Å². The van der Waals surface area contributed by atoms with Crippen molar-refractivity contribution in [2.75, 3.05) is 0 Å². The zero-order valence-electron chi connectivity index (χ0n) is 10.1. The van der Waals surface area contributed by atoms with Gasteiger partial charge in [0.05, 0.1) is 5.56 Å². The molecule has 0 radical (unpaired) electrons. The summed E-state index contributed by atoms with van der Waals surface area (Å²) in [6.07, 6.45) is -3.56. The third kappa shape index (κ3) is 2.61. The Balaban J connectivity index is 2.63. The number of aldehydes is 2. The van der Waals surface area contributed by atoms with Crippen molar-refractivity contribution < 1.29 is 22.8 Å². The Hall–Kier alpha value is -2.43. The topological polar surface area (TPSA) is 34.1 Å². The maximum atomic E-state index is 12.6. The van der Waals surface area contributed by atoms with Crippen LogP contribution in [0.4, 0.5) is 13.2 Å². The van der Waals surface area contributed by atoms with Crippen molar-refractivity contribution in [3.8, 4) is 11.1 Å². The minimum atomic E-state index is -4.51. The number of hydrogen-bond donors (Lipinski definition) is 0. The van der Waals surface area contributed by atoms with Gasteiger partial charge in [-0.1, -0.05) is 30.3 Å². The summed E-state index contributed by atoms with van der Waals surface area (Å²) >= 11 is 0. The number of carbonyl (C=O) groups is 2. The van der Waals surface area contributed by atoms with Crippen molar-refractivity contribution in [3.05, 3.63) is 59.2 Å². The number of hydrogen-bond acceptors (Lipinski definition) is 2. The van der Waals surface area contributed by atoms with Gasteiger partial charge < -0.3 is 0 Å². The molecule has 2 nitrogen and oxygen atoms in total. The third-order valence-corrected chi connectivity index (χ3v) is 2.88. The highest BCUT2D eigenvalue weighted by molar-refractivity contribution is 5.94. The van der Waals surface area contributed by atoms with Crippen LogP contribution in [0, 0.1) is 0 Å². The van der Waals surface area contributed by atoms with Gasteiger partial charge in [-0.2, -0.15) is 13.2 Å². The van der Waals surface area contributed by atoms with Gasteiger partial charge in [0, 0.05) is 11.1 Å². The molecule has 0 aromatic heterocycles. The molecule has 0 amide bonds. The van der Waals surface area contributed by atoms with Gasteiger partial charge in [0.15, 0.2) is 12.6 Å². The number of rotatable bonds is 3. The maximum absolute atomic E-state index is 12.6. The minimum absolute atomic E-state index is 0.103. The van der Waals surface area contributed by atoms with Crippen molar-refractivity contribution in [1.82, 2.24) is 0 Å². The van der Waals surface area contributed by atoms with E-state index in [4.69, 9.17) is 0 Å². The number of halogens is 3. The molecule has 0 unspecified atom stereocenters. The molecule has 0 N–H and O–H groups in total. The van der Waals surface area contributed by atoms with Gasteiger partial charge in [-0.15, -0.1) is 0 Å². The van der Waals surface area contributed by atoms with E-state index in [0.29, 0.717) is 29.3 Å². The molecule has 2 aromatic rings. The molecular weight excluding hydrogens is 269 g/mol. The fraction of sp³-hybridized carbons (Fsp3) is 0.0667. The van der Waals surface area contributed by atoms with Crippen LogP contribution in [0.3, 0.4) is 0 Å². The van der Waals surface area contributed by atoms with E-state index >= 15 is 0 Å². The molecule has 0 aliphatic carbocycles. The zero-order chi connectivity index (χ0) is 14.8. The summed E-state index contributed by atoms with van der Waals surface area (Å²) in [5.41, 5.74) is 0.0467. The lowest BCUT2D eigenvalue weighted by atomic mass is 9.95. The molecule has 0 spiro atoms. The SMILES string of the molecule is O=Cc1ccccc1-c1ccc(C(F)(F)F)cc1C=O. The monoisotopic (exact) mass is 278 g/mol. The van der Waals surface area contributed by atoms with Crippen LogP contribution in [-0.2, 0) is 6.18 Å². The van der Waals surface area contributed by atoms with Crippen LogP contribution in [0.1, 0.15) is 26.3 Å². The Kier molecular flexibility index (Phi) is 3.70. The first-order valence-corrected chi connectivity index (χ1v) is 5.68. The van der Waals surface area contributed by atoms with E-state index in [1.165, 1.54) is 12.1 Å². The van der Waals surface area contributed by atoms with E-state index in [9.17, 15) is 22.8 Å². The summed E-state index contributed by atoms with van der Waals surface area (Å²) in [5.74, 6) is 0. The van der Waals surface area contributed by atoms with Gasteiger partial charge >= 0.3 is 6.18 Å². The average molecular weight is 278 g/mol. The second-order valence-corrected chi connectivity index (χ2v) is 4.12. The first kappa shape index (κ1) is 14.0. The van der Waals surface area contributed by atoms with Crippen LogP contribution in [0.15, 0.2) is 42.5 Å². The lowest BCUT2D eigenvalue weighted by Gasteiger charge is -2.11. The molecule has 102 valence electrons. The summed E-state index contributed by atoms with van der Waals surface area (Å²) in [5, 5.41) is 0. The molecule has 0 heterocycles. The highest BCUT2D eigenvalue weighted by Gasteiger charge is 2.31. The van der Waals surface area contributed by atoms with Crippen molar-refractivity contribution in [1.29, 1.82) is 0 Å². The van der Waals surface area contributed by atoms with E-state index < -0.39 is 11.7 Å². The Morgan fingerprint density at radius 2 is 1.40 bits per heavy atom. The lowest BCUT2D eigenvalue weighted by molar-refractivity contribution is -0.137. The molecule has 2 aromatic carbocycles. The van der Waals surface area contributed by atoms with E-state index in [-0.39, 0.29) is 5.56 Å². The molecule has 5 heteroatoms. The maximum Gasteiger partial charge on any atom is 0.416 e. The van der Waals surface area contributed by atoms with Gasteiger partial charge in [0.1, 0.15) is 0 Å². The molecule has 0 fully saturated rings. The normalized spacial score (nSPS) is 11.2. The molecule has 0 saturated heterocycles. The summed E-state index contributed by atoms with van der Waals surface area (Å²) in [4.78, 5) is 22.0. The summed E-state index contributed by atoms with van der Waals surface area (Å²) in [7, 11) is 0. The first-order valence-electron chi connectivity index (χ1n) is 5.68. The third-order valence-electron chi connectivity index (χ3n) is 2.88. The predicted molar refractivity (Wildman–Crippen MR) is 67.7 cm³/mol. The van der Waals surface area contributed by atoms with Crippen LogP contribution in [0.2, 0.25) is 0 Å².